The first-order valence-electron chi connectivity index (χ1n) is 5.65. The Hall–Kier alpha value is -1.51. The summed E-state index contributed by atoms with van der Waals surface area (Å²) in [5.74, 6) is 0.0394. The molecule has 1 aromatic carbocycles. The molecule has 0 saturated carbocycles. The van der Waals surface area contributed by atoms with E-state index in [1.165, 1.54) is 18.2 Å². The Morgan fingerprint density at radius 1 is 1.25 bits per heavy atom. The van der Waals surface area contributed by atoms with E-state index in [2.05, 4.69) is 48.7 Å². The largest absolute Gasteiger partial charge is 0.385 e. The quantitative estimate of drug-likeness (QED) is 0.825. The van der Waals surface area contributed by atoms with E-state index in [9.17, 15) is 4.79 Å². The van der Waals surface area contributed by atoms with Gasteiger partial charge < -0.3 is 10.6 Å². The van der Waals surface area contributed by atoms with Crippen LogP contribution in [-0.2, 0) is 4.79 Å². The predicted molar refractivity (Wildman–Crippen MR) is 69.7 cm³/mol. The minimum absolute atomic E-state index is 0.0394. The van der Waals surface area contributed by atoms with Crippen molar-refractivity contribution in [2.45, 2.75) is 27.7 Å². The minimum Gasteiger partial charge on any atom is -0.385 e. The molecule has 0 radical (unpaired) electrons. The lowest BCUT2D eigenvalue weighted by atomic mass is 10.2. The van der Waals surface area contributed by atoms with Crippen LogP contribution in [0.5, 0.6) is 0 Å². The molecule has 0 unspecified atom stereocenters. The summed E-state index contributed by atoms with van der Waals surface area (Å²) < 4.78 is 0. The molecular weight excluding hydrogens is 200 g/mol. The van der Waals surface area contributed by atoms with E-state index in [0.717, 1.165) is 13.1 Å². The molecule has 0 aliphatic rings. The first-order chi connectivity index (χ1) is 7.60. The van der Waals surface area contributed by atoms with Crippen molar-refractivity contribution in [1.82, 2.24) is 5.32 Å². The highest BCUT2D eigenvalue weighted by Gasteiger charge is 1.87. The van der Waals surface area contributed by atoms with E-state index in [4.69, 9.17) is 0 Å². The van der Waals surface area contributed by atoms with E-state index in [0.29, 0.717) is 0 Å². The number of hydrogen-bond acceptors (Lipinski definition) is 2. The molecule has 0 aromatic heterocycles. The summed E-state index contributed by atoms with van der Waals surface area (Å²) in [4.78, 5) is 9.93. The molecule has 0 aliphatic carbocycles. The molecule has 1 rings (SSSR count). The summed E-state index contributed by atoms with van der Waals surface area (Å²) in [5, 5.41) is 5.82. The van der Waals surface area contributed by atoms with Crippen LogP contribution in [0.4, 0.5) is 5.69 Å². The summed E-state index contributed by atoms with van der Waals surface area (Å²) in [6.07, 6.45) is 0. The number of benzene rings is 1. The maximum absolute atomic E-state index is 9.93. The molecule has 16 heavy (non-hydrogen) atoms. The van der Waals surface area contributed by atoms with E-state index < -0.39 is 0 Å². The monoisotopic (exact) mass is 222 g/mol. The minimum atomic E-state index is 0.0394. The Kier molecular flexibility index (Phi) is 7.94. The molecule has 3 heteroatoms. The highest BCUT2D eigenvalue weighted by Crippen LogP contribution is 2.08. The zero-order valence-electron chi connectivity index (χ0n) is 10.6. The third-order valence-electron chi connectivity index (χ3n) is 1.82. The molecular formula is C13H22N2O. The Morgan fingerprint density at radius 3 is 2.31 bits per heavy atom. The Morgan fingerprint density at radius 2 is 1.94 bits per heavy atom. The lowest BCUT2D eigenvalue weighted by Gasteiger charge is -2.02. The van der Waals surface area contributed by atoms with Gasteiger partial charge in [0, 0.05) is 25.7 Å². The molecule has 1 aromatic rings. The zero-order valence-corrected chi connectivity index (χ0v) is 10.6. The van der Waals surface area contributed by atoms with Gasteiger partial charge in [-0.1, -0.05) is 12.1 Å². The molecule has 0 spiro atoms. The lowest BCUT2D eigenvalue weighted by molar-refractivity contribution is -0.118. The molecule has 0 heterocycles. The molecule has 90 valence electrons. The van der Waals surface area contributed by atoms with Crippen LogP contribution in [0.3, 0.4) is 0 Å². The Labute approximate surface area is 98.3 Å². The van der Waals surface area contributed by atoms with Gasteiger partial charge in [0.1, 0.15) is 0 Å². The number of anilines is 1. The fourth-order valence-corrected chi connectivity index (χ4v) is 1.21. The van der Waals surface area contributed by atoms with E-state index in [-0.39, 0.29) is 5.91 Å². The lowest BCUT2D eigenvalue weighted by Crippen LogP contribution is -2.18. The summed E-state index contributed by atoms with van der Waals surface area (Å²) in [7, 11) is 0. The summed E-state index contributed by atoms with van der Waals surface area (Å²) in [6.45, 7) is 9.31. The number of rotatable bonds is 3. The second kappa shape index (κ2) is 8.77. The number of aryl methyl sites for hydroxylation is 1. The molecule has 3 nitrogen and oxygen atoms in total. The average molecular weight is 222 g/mol. The van der Waals surface area contributed by atoms with Crippen LogP contribution in [0.25, 0.3) is 0 Å². The van der Waals surface area contributed by atoms with Crippen molar-refractivity contribution in [3.63, 3.8) is 0 Å². The van der Waals surface area contributed by atoms with Crippen molar-refractivity contribution in [2.24, 2.45) is 0 Å². The Balaban J connectivity index is 0.000000325. The summed E-state index contributed by atoms with van der Waals surface area (Å²) >= 11 is 0. The molecule has 0 fully saturated rings. The molecule has 0 bridgehead atoms. The molecule has 0 aliphatic heterocycles. The van der Waals surface area contributed by atoms with Gasteiger partial charge in [-0.3, -0.25) is 4.79 Å². The van der Waals surface area contributed by atoms with Gasteiger partial charge in [0.15, 0.2) is 0 Å². The van der Waals surface area contributed by atoms with Crippen molar-refractivity contribution in [3.05, 3.63) is 29.8 Å². The van der Waals surface area contributed by atoms with Gasteiger partial charge in [-0.05, 0) is 38.5 Å². The first kappa shape index (κ1) is 14.5. The number of carbonyl (C=O) groups is 1. The molecule has 1 amide bonds. The van der Waals surface area contributed by atoms with Crippen LogP contribution in [0.1, 0.15) is 26.3 Å². The molecule has 0 saturated heterocycles. The van der Waals surface area contributed by atoms with Crippen LogP contribution in [0, 0.1) is 6.92 Å². The first-order valence-corrected chi connectivity index (χ1v) is 5.65. The van der Waals surface area contributed by atoms with Crippen LogP contribution >= 0.6 is 0 Å². The van der Waals surface area contributed by atoms with Crippen molar-refractivity contribution in [2.75, 3.05) is 18.4 Å². The smallest absolute Gasteiger partial charge is 0.216 e. The zero-order chi connectivity index (χ0) is 12.4. The third-order valence-corrected chi connectivity index (χ3v) is 1.82. The second-order valence-electron chi connectivity index (χ2n) is 3.49. The number of nitrogens with one attached hydrogen (secondary N) is 2. The van der Waals surface area contributed by atoms with Crippen molar-refractivity contribution < 1.29 is 4.79 Å². The summed E-state index contributed by atoms with van der Waals surface area (Å²) in [5.41, 5.74) is 2.51. The maximum Gasteiger partial charge on any atom is 0.216 e. The average Bonchev–Trinajstić information content (AvgIpc) is 2.18. The second-order valence-corrected chi connectivity index (χ2v) is 3.49. The van der Waals surface area contributed by atoms with Crippen molar-refractivity contribution >= 4 is 11.6 Å². The van der Waals surface area contributed by atoms with Crippen LogP contribution in [0.15, 0.2) is 24.3 Å². The highest BCUT2D eigenvalue weighted by atomic mass is 16.1. The van der Waals surface area contributed by atoms with Crippen molar-refractivity contribution in [1.29, 1.82) is 0 Å². The van der Waals surface area contributed by atoms with Crippen molar-refractivity contribution in [3.8, 4) is 0 Å². The van der Waals surface area contributed by atoms with E-state index in [1.807, 2.05) is 6.92 Å². The van der Waals surface area contributed by atoms with Gasteiger partial charge in [-0.25, -0.2) is 0 Å². The number of amides is 1. The number of hydrogen-bond donors (Lipinski definition) is 2. The van der Waals surface area contributed by atoms with E-state index >= 15 is 0 Å². The standard InChI is InChI=1S/C9H13N.C4H9NO/c1-3-10-9-6-4-5-8(2)7-9;1-3-5-4(2)6/h4-7,10H,3H2,1-2H3;3H2,1-2H3,(H,5,6). The Bertz CT molecular complexity index is 311. The fourth-order valence-electron chi connectivity index (χ4n) is 1.21. The van der Waals surface area contributed by atoms with Crippen LogP contribution in [-0.4, -0.2) is 19.0 Å². The summed E-state index contributed by atoms with van der Waals surface area (Å²) in [6, 6.07) is 8.38. The normalized spacial score (nSPS) is 8.75. The van der Waals surface area contributed by atoms with E-state index in [1.54, 1.807) is 0 Å². The van der Waals surface area contributed by atoms with Gasteiger partial charge >= 0.3 is 0 Å². The molecule has 0 atom stereocenters. The molecule has 2 N–H and O–H groups in total. The van der Waals surface area contributed by atoms with Gasteiger partial charge in [0.05, 0.1) is 0 Å². The van der Waals surface area contributed by atoms with Gasteiger partial charge in [-0.2, -0.15) is 0 Å². The number of carbonyl (C=O) groups excluding carboxylic acids is 1. The maximum atomic E-state index is 9.93. The highest BCUT2D eigenvalue weighted by molar-refractivity contribution is 5.72. The van der Waals surface area contributed by atoms with Crippen LogP contribution < -0.4 is 10.6 Å². The van der Waals surface area contributed by atoms with Gasteiger partial charge in [0.2, 0.25) is 5.91 Å². The van der Waals surface area contributed by atoms with Gasteiger partial charge in [-0.15, -0.1) is 0 Å². The van der Waals surface area contributed by atoms with Crippen LogP contribution in [0.2, 0.25) is 0 Å². The SMILES string of the molecule is CCNC(C)=O.CCNc1cccc(C)c1. The third kappa shape index (κ3) is 7.85. The van der Waals surface area contributed by atoms with Gasteiger partial charge in [0.25, 0.3) is 0 Å². The topological polar surface area (TPSA) is 41.1 Å². The fraction of sp³-hybridized carbons (Fsp3) is 0.462. The predicted octanol–water partition coefficient (Wildman–Crippen LogP) is 2.57.